The number of nitrogens with one attached hydrogen (secondary N) is 1. The fraction of sp³-hybridized carbons (Fsp3) is 0.292. The molecule has 8 nitrogen and oxygen atoms in total. The van der Waals surface area contributed by atoms with Gasteiger partial charge in [0.15, 0.2) is 11.5 Å². The van der Waals surface area contributed by atoms with Crippen molar-refractivity contribution in [1.29, 1.82) is 0 Å². The molecular weight excluding hydrogens is 444 g/mol. The summed E-state index contributed by atoms with van der Waals surface area (Å²) in [7, 11) is 0. The molecule has 0 radical (unpaired) electrons. The van der Waals surface area contributed by atoms with Crippen LogP contribution in [0.25, 0.3) is 5.69 Å². The van der Waals surface area contributed by atoms with Gasteiger partial charge in [0.25, 0.3) is 5.56 Å². The van der Waals surface area contributed by atoms with Crippen molar-refractivity contribution in [2.45, 2.75) is 19.4 Å². The van der Waals surface area contributed by atoms with Crippen LogP contribution < -0.4 is 25.2 Å². The molecule has 3 heterocycles. The highest BCUT2D eigenvalue weighted by molar-refractivity contribution is 6.30. The van der Waals surface area contributed by atoms with Gasteiger partial charge in [0.05, 0.1) is 11.6 Å². The molecule has 1 N–H and O–H groups in total. The SMILES string of the molecule is O=C(NCc1ccc2c(c1)OCO2)[C@H]1CCCN(c2ccc(=O)n(-c3cccc(Cl)c3)n2)C1. The summed E-state index contributed by atoms with van der Waals surface area (Å²) >= 11 is 6.08. The Balaban J connectivity index is 1.26. The van der Waals surface area contributed by atoms with E-state index in [2.05, 4.69) is 15.3 Å². The molecule has 9 heteroatoms. The maximum Gasteiger partial charge on any atom is 0.271 e. The molecule has 2 aromatic carbocycles. The standard InChI is InChI=1S/C24H23ClN4O4/c25-18-4-1-5-19(12-18)29-23(30)9-8-22(27-29)28-10-2-3-17(14-28)24(31)26-13-16-6-7-20-21(11-16)33-15-32-20/h1,4-9,11-12,17H,2-3,10,13-15H2,(H,26,31)/t17-/m0/s1. The van der Waals surface area contributed by atoms with Crippen LogP contribution >= 0.6 is 11.6 Å². The third kappa shape index (κ3) is 4.66. The van der Waals surface area contributed by atoms with Gasteiger partial charge in [-0.2, -0.15) is 4.68 Å². The smallest absolute Gasteiger partial charge is 0.271 e. The van der Waals surface area contributed by atoms with Gasteiger partial charge in [-0.1, -0.05) is 23.7 Å². The number of amides is 1. The molecule has 0 spiro atoms. The molecule has 5 rings (SSSR count). The number of rotatable bonds is 5. The van der Waals surface area contributed by atoms with Gasteiger partial charge in [-0.05, 0) is 54.8 Å². The van der Waals surface area contributed by atoms with Crippen LogP contribution in [0, 0.1) is 5.92 Å². The van der Waals surface area contributed by atoms with Crippen molar-refractivity contribution in [3.63, 3.8) is 0 Å². The van der Waals surface area contributed by atoms with E-state index < -0.39 is 0 Å². The van der Waals surface area contributed by atoms with Crippen molar-refractivity contribution in [1.82, 2.24) is 15.1 Å². The molecule has 1 aromatic heterocycles. The van der Waals surface area contributed by atoms with Crippen molar-refractivity contribution in [2.24, 2.45) is 5.92 Å². The number of ether oxygens (including phenoxy) is 2. The zero-order chi connectivity index (χ0) is 22.8. The lowest BCUT2D eigenvalue weighted by Crippen LogP contribution is -2.43. The molecule has 1 fully saturated rings. The molecule has 1 atom stereocenters. The first-order valence-corrected chi connectivity index (χ1v) is 11.2. The molecule has 2 aliphatic heterocycles. The Bertz CT molecular complexity index is 1250. The van der Waals surface area contributed by atoms with E-state index in [0.29, 0.717) is 35.4 Å². The van der Waals surface area contributed by atoms with Gasteiger partial charge in [0, 0.05) is 30.7 Å². The number of piperidine rings is 1. The zero-order valence-corrected chi connectivity index (χ0v) is 18.6. The summed E-state index contributed by atoms with van der Waals surface area (Å²) < 4.78 is 12.1. The lowest BCUT2D eigenvalue weighted by atomic mass is 9.97. The largest absolute Gasteiger partial charge is 0.454 e. The summed E-state index contributed by atoms with van der Waals surface area (Å²) in [5, 5.41) is 8.11. The Hall–Kier alpha value is -3.52. The zero-order valence-electron chi connectivity index (χ0n) is 17.9. The van der Waals surface area contributed by atoms with Gasteiger partial charge in [-0.15, -0.1) is 5.10 Å². The molecule has 1 amide bonds. The lowest BCUT2D eigenvalue weighted by molar-refractivity contribution is -0.125. The summed E-state index contributed by atoms with van der Waals surface area (Å²) in [6.45, 7) is 1.95. The number of carbonyl (C=O) groups excluding carboxylic acids is 1. The minimum absolute atomic E-state index is 0.000490. The normalized spacial score (nSPS) is 17.1. The highest BCUT2D eigenvalue weighted by Gasteiger charge is 2.27. The van der Waals surface area contributed by atoms with E-state index in [1.807, 2.05) is 18.2 Å². The summed E-state index contributed by atoms with van der Waals surface area (Å²) in [5.74, 6) is 1.91. The number of nitrogens with zero attached hydrogens (tertiary/aromatic N) is 3. The topological polar surface area (TPSA) is 85.7 Å². The van der Waals surface area contributed by atoms with Crippen LogP contribution in [-0.2, 0) is 11.3 Å². The first kappa shape index (κ1) is 21.3. The molecule has 1 saturated heterocycles. The number of anilines is 1. The van der Waals surface area contributed by atoms with Crippen molar-refractivity contribution in [3.8, 4) is 17.2 Å². The highest BCUT2D eigenvalue weighted by Crippen LogP contribution is 2.32. The predicted molar refractivity (Wildman–Crippen MR) is 124 cm³/mol. The first-order chi connectivity index (χ1) is 16.1. The average molecular weight is 467 g/mol. The number of hydrogen-bond donors (Lipinski definition) is 1. The van der Waals surface area contributed by atoms with Gasteiger partial charge < -0.3 is 19.7 Å². The Labute approximate surface area is 195 Å². The van der Waals surface area contributed by atoms with Crippen LogP contribution in [-0.4, -0.2) is 35.6 Å². The Morgan fingerprint density at radius 3 is 2.88 bits per heavy atom. The summed E-state index contributed by atoms with van der Waals surface area (Å²) in [6, 6.07) is 15.9. The van der Waals surface area contributed by atoms with E-state index in [4.69, 9.17) is 21.1 Å². The average Bonchev–Trinajstić information content (AvgIpc) is 3.31. The number of benzene rings is 2. The second kappa shape index (κ2) is 9.15. The second-order valence-corrected chi connectivity index (χ2v) is 8.55. The predicted octanol–water partition coefficient (Wildman–Crippen LogP) is 3.15. The van der Waals surface area contributed by atoms with E-state index in [9.17, 15) is 9.59 Å². The number of aromatic nitrogens is 2. The van der Waals surface area contributed by atoms with Crippen LogP contribution in [0.2, 0.25) is 5.02 Å². The molecule has 0 bridgehead atoms. The molecule has 170 valence electrons. The second-order valence-electron chi connectivity index (χ2n) is 8.11. The maximum atomic E-state index is 12.9. The van der Waals surface area contributed by atoms with Gasteiger partial charge in [0.2, 0.25) is 12.7 Å². The Morgan fingerprint density at radius 2 is 2.00 bits per heavy atom. The molecule has 3 aromatic rings. The molecule has 33 heavy (non-hydrogen) atoms. The highest BCUT2D eigenvalue weighted by atomic mass is 35.5. The first-order valence-electron chi connectivity index (χ1n) is 10.8. The number of halogens is 1. The number of hydrogen-bond acceptors (Lipinski definition) is 6. The van der Waals surface area contributed by atoms with Crippen LogP contribution in [0.4, 0.5) is 5.82 Å². The van der Waals surface area contributed by atoms with E-state index in [1.165, 1.54) is 10.7 Å². The Morgan fingerprint density at radius 1 is 1.12 bits per heavy atom. The van der Waals surface area contributed by atoms with Crippen LogP contribution in [0.3, 0.4) is 0 Å². The van der Waals surface area contributed by atoms with Crippen LogP contribution in [0.15, 0.2) is 59.4 Å². The number of carbonyl (C=O) groups is 1. The van der Waals surface area contributed by atoms with Gasteiger partial charge in [-0.25, -0.2) is 0 Å². The van der Waals surface area contributed by atoms with Crippen LogP contribution in [0.1, 0.15) is 18.4 Å². The third-order valence-corrected chi connectivity index (χ3v) is 6.09. The van der Waals surface area contributed by atoms with Gasteiger partial charge >= 0.3 is 0 Å². The van der Waals surface area contributed by atoms with Crippen molar-refractivity contribution >= 4 is 23.3 Å². The molecule has 0 aliphatic carbocycles. The minimum Gasteiger partial charge on any atom is -0.454 e. The summed E-state index contributed by atoms with van der Waals surface area (Å²) in [5.41, 5.74) is 1.32. The van der Waals surface area contributed by atoms with Crippen molar-refractivity contribution in [3.05, 3.63) is 75.5 Å². The van der Waals surface area contributed by atoms with E-state index >= 15 is 0 Å². The van der Waals surface area contributed by atoms with E-state index in [0.717, 1.165) is 30.7 Å². The lowest BCUT2D eigenvalue weighted by Gasteiger charge is -2.33. The maximum absolute atomic E-state index is 12.9. The molecule has 0 saturated carbocycles. The van der Waals surface area contributed by atoms with Gasteiger partial charge in [-0.3, -0.25) is 9.59 Å². The molecule has 2 aliphatic rings. The van der Waals surface area contributed by atoms with E-state index in [-0.39, 0.29) is 24.2 Å². The Kier molecular flexibility index (Phi) is 5.92. The van der Waals surface area contributed by atoms with Crippen molar-refractivity contribution in [2.75, 3.05) is 24.8 Å². The third-order valence-electron chi connectivity index (χ3n) is 5.86. The summed E-state index contributed by atoms with van der Waals surface area (Å²) in [6.07, 6.45) is 1.66. The summed E-state index contributed by atoms with van der Waals surface area (Å²) in [4.78, 5) is 27.3. The van der Waals surface area contributed by atoms with Gasteiger partial charge in [0.1, 0.15) is 5.82 Å². The monoisotopic (exact) mass is 466 g/mol. The fourth-order valence-electron chi connectivity index (χ4n) is 4.15. The minimum atomic E-state index is -0.240. The quantitative estimate of drug-likeness (QED) is 0.621. The number of fused-ring (bicyclic) bond motifs is 1. The fourth-order valence-corrected chi connectivity index (χ4v) is 4.33. The van der Waals surface area contributed by atoms with E-state index in [1.54, 1.807) is 30.3 Å². The van der Waals surface area contributed by atoms with Crippen molar-refractivity contribution < 1.29 is 14.3 Å². The molecule has 0 unspecified atom stereocenters. The van der Waals surface area contributed by atoms with Crippen LogP contribution in [0.5, 0.6) is 11.5 Å². The molecular formula is C24H23ClN4O4.